The highest BCUT2D eigenvalue weighted by molar-refractivity contribution is 5.30. The van der Waals surface area contributed by atoms with Gasteiger partial charge in [0.1, 0.15) is 0 Å². The summed E-state index contributed by atoms with van der Waals surface area (Å²) in [6.45, 7) is 13.4. The Morgan fingerprint density at radius 1 is 1.10 bits per heavy atom. The van der Waals surface area contributed by atoms with Gasteiger partial charge in [0.05, 0.1) is 0 Å². The molecule has 0 bridgehead atoms. The zero-order valence-electron chi connectivity index (χ0n) is 13.9. The fourth-order valence-electron chi connectivity index (χ4n) is 2.06. The quantitative estimate of drug-likeness (QED) is 0.702. The van der Waals surface area contributed by atoms with Crippen LogP contribution in [0.4, 0.5) is 5.95 Å². The van der Waals surface area contributed by atoms with Gasteiger partial charge >= 0.3 is 0 Å². The Balaban J connectivity index is 2.77. The van der Waals surface area contributed by atoms with Gasteiger partial charge in [-0.3, -0.25) is 0 Å². The summed E-state index contributed by atoms with van der Waals surface area (Å²) < 4.78 is 0. The lowest BCUT2D eigenvalue weighted by atomic mass is 9.92. The van der Waals surface area contributed by atoms with E-state index >= 15 is 0 Å². The predicted molar refractivity (Wildman–Crippen MR) is 87.2 cm³/mol. The van der Waals surface area contributed by atoms with Crippen LogP contribution in [0.1, 0.15) is 66.0 Å². The van der Waals surface area contributed by atoms with Crippen molar-refractivity contribution in [3.63, 3.8) is 0 Å². The number of rotatable bonds is 8. The van der Waals surface area contributed by atoms with E-state index in [4.69, 9.17) is 4.98 Å². The molecular formula is C17H31N3. The van der Waals surface area contributed by atoms with Crippen LogP contribution in [-0.2, 0) is 6.42 Å². The summed E-state index contributed by atoms with van der Waals surface area (Å²) in [5, 5.41) is 0. The maximum absolute atomic E-state index is 4.73. The van der Waals surface area contributed by atoms with Crippen molar-refractivity contribution in [1.29, 1.82) is 0 Å². The molecule has 0 fully saturated rings. The molecule has 3 nitrogen and oxygen atoms in total. The van der Waals surface area contributed by atoms with E-state index in [1.54, 1.807) is 0 Å². The maximum Gasteiger partial charge on any atom is 0.225 e. The first kappa shape index (κ1) is 16.9. The number of aryl methyl sites for hydroxylation is 1. The number of hydrogen-bond donors (Lipinski definition) is 0. The Bertz CT molecular complexity index is 382. The van der Waals surface area contributed by atoms with Crippen LogP contribution in [0.25, 0.3) is 0 Å². The molecule has 0 amide bonds. The first-order valence-electron chi connectivity index (χ1n) is 8.03. The molecule has 0 spiro atoms. The van der Waals surface area contributed by atoms with E-state index in [1.165, 1.54) is 12.8 Å². The monoisotopic (exact) mass is 277 g/mol. The van der Waals surface area contributed by atoms with Crippen molar-refractivity contribution >= 4 is 5.95 Å². The topological polar surface area (TPSA) is 29.0 Å². The highest BCUT2D eigenvalue weighted by atomic mass is 15.2. The van der Waals surface area contributed by atoms with E-state index in [-0.39, 0.29) is 0 Å². The van der Waals surface area contributed by atoms with Gasteiger partial charge in [0.15, 0.2) is 0 Å². The fraction of sp³-hybridized carbons (Fsp3) is 0.765. The summed E-state index contributed by atoms with van der Waals surface area (Å²) in [4.78, 5) is 11.6. The number of unbranched alkanes of at least 4 members (excludes halogenated alkanes) is 1. The van der Waals surface area contributed by atoms with Crippen molar-refractivity contribution in [3.05, 3.63) is 18.0 Å². The lowest BCUT2D eigenvalue weighted by Gasteiger charge is -2.27. The summed E-state index contributed by atoms with van der Waals surface area (Å²) in [6, 6.07) is 2.04. The molecule has 0 saturated heterocycles. The molecule has 0 unspecified atom stereocenters. The van der Waals surface area contributed by atoms with Crippen LogP contribution in [0.2, 0.25) is 0 Å². The first-order valence-corrected chi connectivity index (χ1v) is 8.03. The molecule has 0 atom stereocenters. The second-order valence-electron chi connectivity index (χ2n) is 6.75. The van der Waals surface area contributed by atoms with Crippen molar-refractivity contribution in [3.8, 4) is 0 Å². The molecule has 0 saturated carbocycles. The van der Waals surface area contributed by atoms with Crippen LogP contribution < -0.4 is 4.90 Å². The standard InChI is InChI=1S/C17H31N3/c1-6-8-13-20(14-11-17(3,4)5)16-18-12-10-15(19-16)9-7-2/h10,12H,6-9,11,13-14H2,1-5H3. The second-order valence-corrected chi connectivity index (χ2v) is 6.75. The SMILES string of the molecule is CCCCN(CCC(C)(C)C)c1nccc(CCC)n1. The number of aromatic nitrogens is 2. The third-order valence-electron chi connectivity index (χ3n) is 3.40. The molecule has 0 aliphatic rings. The fourth-order valence-corrected chi connectivity index (χ4v) is 2.06. The minimum Gasteiger partial charge on any atom is -0.341 e. The van der Waals surface area contributed by atoms with E-state index in [1.807, 2.05) is 12.3 Å². The zero-order chi connectivity index (χ0) is 15.0. The molecule has 0 aromatic carbocycles. The van der Waals surface area contributed by atoms with Crippen LogP contribution in [0, 0.1) is 5.41 Å². The van der Waals surface area contributed by atoms with Crippen LogP contribution in [0.15, 0.2) is 12.3 Å². The van der Waals surface area contributed by atoms with Crippen molar-refractivity contribution in [1.82, 2.24) is 9.97 Å². The van der Waals surface area contributed by atoms with Gasteiger partial charge in [-0.25, -0.2) is 9.97 Å². The van der Waals surface area contributed by atoms with Crippen LogP contribution in [0.5, 0.6) is 0 Å². The number of hydrogen-bond acceptors (Lipinski definition) is 3. The molecule has 1 heterocycles. The molecule has 20 heavy (non-hydrogen) atoms. The minimum absolute atomic E-state index is 0.353. The molecule has 1 aromatic rings. The Labute approximate surface area is 124 Å². The van der Waals surface area contributed by atoms with Gasteiger partial charge in [-0.05, 0) is 30.7 Å². The first-order chi connectivity index (χ1) is 9.46. The van der Waals surface area contributed by atoms with Gasteiger partial charge in [-0.15, -0.1) is 0 Å². The van der Waals surface area contributed by atoms with E-state index in [0.717, 1.165) is 44.0 Å². The molecule has 114 valence electrons. The van der Waals surface area contributed by atoms with Crippen molar-refractivity contribution in [2.24, 2.45) is 5.41 Å². The molecule has 3 heteroatoms. The summed E-state index contributed by atoms with van der Waals surface area (Å²) >= 11 is 0. The Hall–Kier alpha value is -1.12. The van der Waals surface area contributed by atoms with Crippen molar-refractivity contribution in [2.75, 3.05) is 18.0 Å². The predicted octanol–water partition coefficient (Wildman–Crippen LogP) is 4.47. The van der Waals surface area contributed by atoms with Gasteiger partial charge in [0.25, 0.3) is 0 Å². The van der Waals surface area contributed by atoms with E-state index in [2.05, 4.69) is 44.5 Å². The molecule has 1 rings (SSSR count). The summed E-state index contributed by atoms with van der Waals surface area (Å²) in [6.07, 6.45) is 7.65. The van der Waals surface area contributed by atoms with Crippen LogP contribution in [-0.4, -0.2) is 23.1 Å². The highest BCUT2D eigenvalue weighted by Gasteiger charge is 2.15. The van der Waals surface area contributed by atoms with Gasteiger partial charge in [-0.2, -0.15) is 0 Å². The molecule has 0 N–H and O–H groups in total. The van der Waals surface area contributed by atoms with Crippen LogP contribution in [0.3, 0.4) is 0 Å². The summed E-state index contributed by atoms with van der Waals surface area (Å²) in [5.41, 5.74) is 1.51. The molecule has 1 aromatic heterocycles. The smallest absolute Gasteiger partial charge is 0.225 e. The molecule has 0 aliphatic carbocycles. The molecule has 0 radical (unpaired) electrons. The van der Waals surface area contributed by atoms with E-state index in [0.29, 0.717) is 5.41 Å². The Morgan fingerprint density at radius 2 is 1.85 bits per heavy atom. The minimum atomic E-state index is 0.353. The number of nitrogens with zero attached hydrogens (tertiary/aromatic N) is 3. The second kappa shape index (κ2) is 8.23. The third-order valence-corrected chi connectivity index (χ3v) is 3.40. The third kappa shape index (κ3) is 6.36. The normalized spacial score (nSPS) is 11.7. The Morgan fingerprint density at radius 3 is 2.45 bits per heavy atom. The highest BCUT2D eigenvalue weighted by Crippen LogP contribution is 2.20. The Kier molecular flexibility index (Phi) is 6.97. The van der Waals surface area contributed by atoms with Gasteiger partial charge in [-0.1, -0.05) is 47.5 Å². The average molecular weight is 277 g/mol. The lowest BCUT2D eigenvalue weighted by Crippen LogP contribution is -2.30. The maximum atomic E-state index is 4.73. The van der Waals surface area contributed by atoms with E-state index in [9.17, 15) is 0 Å². The van der Waals surface area contributed by atoms with Gasteiger partial charge < -0.3 is 4.90 Å². The summed E-state index contributed by atoms with van der Waals surface area (Å²) in [7, 11) is 0. The van der Waals surface area contributed by atoms with Gasteiger partial charge in [0.2, 0.25) is 5.95 Å². The van der Waals surface area contributed by atoms with Crippen LogP contribution >= 0.6 is 0 Å². The van der Waals surface area contributed by atoms with Gasteiger partial charge in [0, 0.05) is 25.0 Å². The number of anilines is 1. The van der Waals surface area contributed by atoms with Crippen molar-refractivity contribution in [2.45, 2.75) is 66.7 Å². The lowest BCUT2D eigenvalue weighted by molar-refractivity contribution is 0.377. The summed E-state index contributed by atoms with van der Waals surface area (Å²) in [5.74, 6) is 0.911. The zero-order valence-corrected chi connectivity index (χ0v) is 13.9. The van der Waals surface area contributed by atoms with E-state index < -0.39 is 0 Å². The largest absolute Gasteiger partial charge is 0.341 e. The molecule has 0 aliphatic heterocycles. The van der Waals surface area contributed by atoms with Crippen molar-refractivity contribution < 1.29 is 0 Å². The molecular weight excluding hydrogens is 246 g/mol. The average Bonchev–Trinajstić information content (AvgIpc) is 2.38.